The van der Waals surface area contributed by atoms with Gasteiger partial charge in [0, 0.05) is 10.1 Å². The Kier molecular flexibility index (Phi) is 11.0. The van der Waals surface area contributed by atoms with Gasteiger partial charge < -0.3 is 32.0 Å². The summed E-state index contributed by atoms with van der Waals surface area (Å²) < 4.78 is 5.29. The molecule has 5 atom stereocenters. The molecular weight excluding hydrogens is 438 g/mol. The second-order valence-corrected chi connectivity index (χ2v) is 13.8. The number of thioether (sulfide) groups is 1. The molecule has 1 saturated carbocycles. The molecule has 1 heterocycles. The maximum atomic E-state index is 5.33. The Morgan fingerprint density at radius 1 is 0.900 bits per heavy atom. The second kappa shape index (κ2) is 11.3. The van der Waals surface area contributed by atoms with Gasteiger partial charge in [-0.15, -0.1) is 17.4 Å². The van der Waals surface area contributed by atoms with Gasteiger partial charge in [0.25, 0.3) is 0 Å². The Morgan fingerprint density at radius 2 is 1.50 bits per heavy atom. The zero-order chi connectivity index (χ0) is 18.5. The van der Waals surface area contributed by atoms with Crippen molar-refractivity contribution in [2.24, 2.45) is 11.8 Å². The summed E-state index contributed by atoms with van der Waals surface area (Å²) in [4.78, 5) is 6.83. The molecule has 1 aliphatic carbocycles. The molecule has 0 amide bonds. The van der Waals surface area contributed by atoms with Crippen LogP contribution in [0.2, 0.25) is 18.6 Å². The maximum Gasteiger partial charge on any atom is 4.00 e. The summed E-state index contributed by atoms with van der Waals surface area (Å²) in [5.41, 5.74) is 3.38. The molecule has 1 aliphatic heterocycles. The summed E-state index contributed by atoms with van der Waals surface area (Å²) in [6, 6.07) is 17.3. The van der Waals surface area contributed by atoms with E-state index in [1.54, 1.807) is 12.7 Å². The van der Waals surface area contributed by atoms with E-state index < -0.39 is 8.24 Å². The smallest absolute Gasteiger partial charge is 0.687 e. The van der Waals surface area contributed by atoms with Gasteiger partial charge in [-0.1, -0.05) is 57.3 Å². The predicted molar refractivity (Wildman–Crippen MR) is 134 cm³/mol. The van der Waals surface area contributed by atoms with Crippen molar-refractivity contribution in [1.82, 2.24) is 0 Å². The van der Waals surface area contributed by atoms with Gasteiger partial charge in [0.1, 0.15) is 5.75 Å². The molecule has 2 aromatic carbocycles. The molecule has 0 radical (unpaired) electrons. The Bertz CT molecular complexity index is 798. The van der Waals surface area contributed by atoms with Crippen molar-refractivity contribution < 1.29 is 26.5 Å². The van der Waals surface area contributed by atoms with E-state index in [-0.39, 0.29) is 44.0 Å². The van der Waals surface area contributed by atoms with Crippen LogP contribution >= 0.6 is 11.8 Å². The minimum Gasteiger partial charge on any atom is -0.687 e. The number of fused-ring (bicyclic) bond motifs is 3. The monoisotopic (exact) mass is 475 g/mol. The van der Waals surface area contributed by atoms with Crippen LogP contribution in [0.1, 0.15) is 25.3 Å². The van der Waals surface area contributed by atoms with Crippen molar-refractivity contribution in [2.45, 2.75) is 48.5 Å². The standard InChI is InChI=1S/C22H28NOSSi.3CH3.Ti/c1-14-15(2)22(21-20(14)18-8-6-7-9-19(18)25-21)26(4,5)23-16-10-12-17(24-3)13-11-16;;;;/h6-15,20-22H,1-5H3;3*1H3;/q4*-1;+4. The van der Waals surface area contributed by atoms with Crippen LogP contribution in [0.25, 0.3) is 4.98 Å². The zero-order valence-corrected chi connectivity index (χ0v) is 23.1. The molecular formula is C25H37NOSSiTi. The summed E-state index contributed by atoms with van der Waals surface area (Å²) in [7, 11) is -0.0953. The number of ether oxygens (including phenoxy) is 1. The third kappa shape index (κ3) is 5.03. The second-order valence-electron chi connectivity index (χ2n) is 8.35. The van der Waals surface area contributed by atoms with Gasteiger partial charge in [0.2, 0.25) is 0 Å². The Labute approximate surface area is 205 Å². The van der Waals surface area contributed by atoms with Crippen LogP contribution in [0.5, 0.6) is 5.75 Å². The fraction of sp³-hybridized carbons (Fsp3) is 0.400. The molecule has 0 N–H and O–H groups in total. The van der Waals surface area contributed by atoms with Crippen LogP contribution in [0.15, 0.2) is 53.4 Å². The van der Waals surface area contributed by atoms with Gasteiger partial charge in [-0.2, -0.15) is 0 Å². The minimum atomic E-state index is -1.81. The number of rotatable bonds is 4. The van der Waals surface area contributed by atoms with Crippen LogP contribution in [0.4, 0.5) is 5.69 Å². The first-order valence-corrected chi connectivity index (χ1v) is 13.5. The first-order chi connectivity index (χ1) is 12.4. The van der Waals surface area contributed by atoms with Crippen LogP contribution in [-0.4, -0.2) is 20.6 Å². The number of nitrogens with zero attached hydrogens (tertiary/aromatic N) is 1. The number of hydrogen-bond acceptors (Lipinski definition) is 2. The van der Waals surface area contributed by atoms with Gasteiger partial charge in [-0.3, -0.25) is 0 Å². The van der Waals surface area contributed by atoms with Gasteiger partial charge in [0.15, 0.2) is 0 Å². The zero-order valence-electron chi connectivity index (χ0n) is 19.8. The molecule has 2 aliphatic rings. The number of benzene rings is 2. The van der Waals surface area contributed by atoms with E-state index in [1.165, 1.54) is 4.90 Å². The topological polar surface area (TPSA) is 23.3 Å². The maximum absolute atomic E-state index is 5.33. The van der Waals surface area contributed by atoms with Gasteiger partial charge in [-0.25, -0.2) is 0 Å². The van der Waals surface area contributed by atoms with E-state index in [0.29, 0.717) is 16.7 Å². The molecule has 4 rings (SSSR count). The summed E-state index contributed by atoms with van der Waals surface area (Å²) >= 11 is 2.12. The molecule has 0 aromatic heterocycles. The third-order valence-corrected chi connectivity index (χ3v) is 11.6. The van der Waals surface area contributed by atoms with Gasteiger partial charge >= 0.3 is 21.7 Å². The van der Waals surface area contributed by atoms with E-state index in [9.17, 15) is 0 Å². The van der Waals surface area contributed by atoms with E-state index in [1.807, 2.05) is 12.1 Å². The van der Waals surface area contributed by atoms with Crippen molar-refractivity contribution in [3.63, 3.8) is 0 Å². The average Bonchev–Trinajstić information content (AvgIpc) is 3.10. The Hall–Kier alpha value is -0.679. The van der Waals surface area contributed by atoms with E-state index in [4.69, 9.17) is 9.72 Å². The van der Waals surface area contributed by atoms with Gasteiger partial charge in [0.05, 0.1) is 7.11 Å². The fourth-order valence-electron chi connectivity index (χ4n) is 5.20. The molecule has 30 heavy (non-hydrogen) atoms. The number of hydrogen-bond donors (Lipinski definition) is 0. The largest absolute Gasteiger partial charge is 4.00 e. The third-order valence-electron chi connectivity index (χ3n) is 6.52. The van der Waals surface area contributed by atoms with Crippen molar-refractivity contribution >= 4 is 25.7 Å². The molecule has 5 heteroatoms. The predicted octanol–water partition coefficient (Wildman–Crippen LogP) is 8.17. The van der Waals surface area contributed by atoms with Crippen molar-refractivity contribution in [3.8, 4) is 5.75 Å². The molecule has 2 nitrogen and oxygen atoms in total. The Balaban J connectivity index is 0.00000210. The van der Waals surface area contributed by atoms with Crippen molar-refractivity contribution in [2.75, 3.05) is 7.11 Å². The summed E-state index contributed by atoms with van der Waals surface area (Å²) in [5, 5.41) is 0.682. The van der Waals surface area contributed by atoms with E-state index >= 15 is 0 Å². The van der Waals surface area contributed by atoms with Crippen LogP contribution in [-0.2, 0) is 21.7 Å². The number of methoxy groups -OCH3 is 1. The van der Waals surface area contributed by atoms with Crippen LogP contribution < -0.4 is 4.74 Å². The van der Waals surface area contributed by atoms with Crippen LogP contribution in [0, 0.1) is 34.1 Å². The first-order valence-electron chi connectivity index (χ1n) is 9.55. The normalized spacial score (nSPS) is 26.0. The van der Waals surface area contributed by atoms with Crippen molar-refractivity contribution in [3.05, 3.63) is 81.4 Å². The molecule has 162 valence electrons. The SMILES string of the molecule is COc1ccc([N-][Si](C)(C)C2C(C)C(C)C3c4ccccc4SC32)cc1.[CH3-].[CH3-].[CH3-].[Ti+4]. The molecule has 5 unspecified atom stereocenters. The fourth-order valence-corrected chi connectivity index (χ4v) is 11.7. The quantitative estimate of drug-likeness (QED) is 0.329. The summed E-state index contributed by atoms with van der Waals surface area (Å²) in [6.45, 7) is 9.84. The molecule has 0 saturated heterocycles. The van der Waals surface area contributed by atoms with Gasteiger partial charge in [-0.05, 0) is 55.3 Å². The molecule has 2 aromatic rings. The van der Waals surface area contributed by atoms with E-state index in [0.717, 1.165) is 23.3 Å². The van der Waals surface area contributed by atoms with E-state index in [2.05, 4.69) is 75.1 Å². The van der Waals surface area contributed by atoms with Crippen LogP contribution in [0.3, 0.4) is 0 Å². The minimum absolute atomic E-state index is 0. The molecule has 0 spiro atoms. The average molecular weight is 476 g/mol. The molecule has 0 bridgehead atoms. The summed E-state index contributed by atoms with van der Waals surface area (Å²) in [5.74, 6) is 3.02. The Morgan fingerprint density at radius 3 is 2.10 bits per heavy atom. The summed E-state index contributed by atoms with van der Waals surface area (Å²) in [6.07, 6.45) is 0. The molecule has 1 fully saturated rings. The van der Waals surface area contributed by atoms with Crippen molar-refractivity contribution in [1.29, 1.82) is 0 Å². The first kappa shape index (κ1) is 29.3.